The normalized spacial score (nSPS) is 12.1. The van der Waals surface area contributed by atoms with Gasteiger partial charge in [-0.1, -0.05) is 6.07 Å². The van der Waals surface area contributed by atoms with Crippen LogP contribution in [0.4, 0.5) is 4.79 Å². The summed E-state index contributed by atoms with van der Waals surface area (Å²) in [5.41, 5.74) is 0.908. The monoisotopic (exact) mass is 296 g/mol. The van der Waals surface area contributed by atoms with Gasteiger partial charge in [-0.3, -0.25) is 0 Å². The van der Waals surface area contributed by atoms with Crippen molar-refractivity contribution in [2.75, 3.05) is 6.54 Å². The SMILES string of the molecule is O=C(NCC[C@H](O)c1ccsc1)NCc1cccs1. The Morgan fingerprint density at radius 2 is 2.21 bits per heavy atom. The average Bonchev–Trinajstić information content (AvgIpc) is 3.09. The van der Waals surface area contributed by atoms with E-state index in [-0.39, 0.29) is 6.03 Å². The molecule has 6 heteroatoms. The Labute approximate surface area is 120 Å². The van der Waals surface area contributed by atoms with Crippen molar-refractivity contribution in [1.82, 2.24) is 10.6 Å². The predicted octanol–water partition coefficient (Wildman–Crippen LogP) is 2.73. The second-order valence-corrected chi connectivity index (χ2v) is 5.86. The lowest BCUT2D eigenvalue weighted by molar-refractivity contribution is 0.167. The zero-order valence-electron chi connectivity index (χ0n) is 10.3. The van der Waals surface area contributed by atoms with Crippen molar-refractivity contribution < 1.29 is 9.90 Å². The summed E-state index contributed by atoms with van der Waals surface area (Å²) in [6.45, 7) is 0.990. The molecule has 0 spiro atoms. The number of hydrogen-bond donors (Lipinski definition) is 3. The second-order valence-electron chi connectivity index (χ2n) is 4.05. The van der Waals surface area contributed by atoms with Crippen molar-refractivity contribution in [2.24, 2.45) is 0 Å². The largest absolute Gasteiger partial charge is 0.388 e. The van der Waals surface area contributed by atoms with Gasteiger partial charge in [0, 0.05) is 11.4 Å². The van der Waals surface area contributed by atoms with E-state index in [0.717, 1.165) is 10.4 Å². The summed E-state index contributed by atoms with van der Waals surface area (Å²) in [6, 6.07) is 5.62. The van der Waals surface area contributed by atoms with Crippen LogP contribution in [0.25, 0.3) is 0 Å². The third-order valence-electron chi connectivity index (χ3n) is 2.63. The minimum Gasteiger partial charge on any atom is -0.388 e. The van der Waals surface area contributed by atoms with E-state index < -0.39 is 6.10 Å². The van der Waals surface area contributed by atoms with Crippen LogP contribution < -0.4 is 10.6 Å². The van der Waals surface area contributed by atoms with E-state index in [0.29, 0.717) is 19.5 Å². The molecule has 0 radical (unpaired) electrons. The molecule has 3 N–H and O–H groups in total. The van der Waals surface area contributed by atoms with Gasteiger partial charge in [0.1, 0.15) is 0 Å². The predicted molar refractivity (Wildman–Crippen MR) is 78.5 cm³/mol. The maximum absolute atomic E-state index is 11.5. The van der Waals surface area contributed by atoms with Crippen LogP contribution in [0.1, 0.15) is 23.0 Å². The Hall–Kier alpha value is -1.37. The molecular formula is C13H16N2O2S2. The van der Waals surface area contributed by atoms with E-state index >= 15 is 0 Å². The highest BCUT2D eigenvalue weighted by atomic mass is 32.1. The minimum absolute atomic E-state index is 0.203. The third-order valence-corrected chi connectivity index (χ3v) is 4.21. The van der Waals surface area contributed by atoms with Gasteiger partial charge in [-0.05, 0) is 40.3 Å². The Bertz CT molecular complexity index is 483. The van der Waals surface area contributed by atoms with Crippen LogP contribution in [-0.4, -0.2) is 17.7 Å². The van der Waals surface area contributed by atoms with Gasteiger partial charge < -0.3 is 15.7 Å². The summed E-state index contributed by atoms with van der Waals surface area (Å²) < 4.78 is 0. The van der Waals surface area contributed by atoms with Crippen LogP contribution >= 0.6 is 22.7 Å². The molecule has 2 amide bonds. The summed E-state index contributed by atoms with van der Waals surface area (Å²) >= 11 is 3.17. The van der Waals surface area contributed by atoms with Gasteiger partial charge in [0.15, 0.2) is 0 Å². The zero-order valence-corrected chi connectivity index (χ0v) is 12.0. The lowest BCUT2D eigenvalue weighted by Gasteiger charge is -2.10. The average molecular weight is 296 g/mol. The van der Waals surface area contributed by atoms with Crippen LogP contribution in [0.5, 0.6) is 0 Å². The number of aliphatic hydroxyl groups is 1. The number of thiophene rings is 2. The summed E-state index contributed by atoms with van der Waals surface area (Å²) in [5.74, 6) is 0. The molecule has 102 valence electrons. The Balaban J connectivity index is 1.61. The number of aliphatic hydroxyl groups excluding tert-OH is 1. The van der Waals surface area contributed by atoms with E-state index in [1.165, 1.54) is 0 Å². The Morgan fingerprint density at radius 3 is 2.89 bits per heavy atom. The highest BCUT2D eigenvalue weighted by Gasteiger charge is 2.08. The molecule has 2 rings (SSSR count). The topological polar surface area (TPSA) is 61.4 Å². The van der Waals surface area contributed by atoms with E-state index in [2.05, 4.69) is 10.6 Å². The standard InChI is InChI=1S/C13H16N2O2S2/c16-12(10-4-7-18-9-10)3-5-14-13(17)15-8-11-2-1-6-19-11/h1-2,4,6-7,9,12,16H,3,5,8H2,(H2,14,15,17)/t12-/m0/s1. The van der Waals surface area contributed by atoms with Crippen LogP contribution in [0.15, 0.2) is 34.3 Å². The fourth-order valence-electron chi connectivity index (χ4n) is 1.60. The smallest absolute Gasteiger partial charge is 0.315 e. The van der Waals surface area contributed by atoms with Gasteiger partial charge in [0.25, 0.3) is 0 Å². The number of carbonyl (C=O) groups excluding carboxylic acids is 1. The van der Waals surface area contributed by atoms with E-state index in [1.807, 2.05) is 34.3 Å². The Morgan fingerprint density at radius 1 is 1.32 bits per heavy atom. The molecule has 4 nitrogen and oxygen atoms in total. The van der Waals surface area contributed by atoms with E-state index in [4.69, 9.17) is 0 Å². The molecule has 2 heterocycles. The molecule has 0 fully saturated rings. The molecule has 19 heavy (non-hydrogen) atoms. The highest BCUT2D eigenvalue weighted by molar-refractivity contribution is 7.09. The molecule has 0 bridgehead atoms. The van der Waals surface area contributed by atoms with Gasteiger partial charge >= 0.3 is 6.03 Å². The molecule has 0 aliphatic carbocycles. The lowest BCUT2D eigenvalue weighted by atomic mass is 10.1. The molecule has 1 atom stereocenters. The second kappa shape index (κ2) is 7.28. The first-order valence-electron chi connectivity index (χ1n) is 6.00. The number of urea groups is 1. The molecule has 0 aliphatic heterocycles. The van der Waals surface area contributed by atoms with Gasteiger partial charge in [-0.2, -0.15) is 11.3 Å². The summed E-state index contributed by atoms with van der Waals surface area (Å²) in [6.07, 6.45) is 0.00669. The minimum atomic E-state index is -0.510. The van der Waals surface area contributed by atoms with Crippen LogP contribution in [0.2, 0.25) is 0 Å². The summed E-state index contributed by atoms with van der Waals surface area (Å²) in [7, 11) is 0. The lowest BCUT2D eigenvalue weighted by Crippen LogP contribution is -2.35. The summed E-state index contributed by atoms with van der Waals surface area (Å²) in [4.78, 5) is 12.6. The van der Waals surface area contributed by atoms with Gasteiger partial charge in [0.05, 0.1) is 12.6 Å². The van der Waals surface area contributed by atoms with Gasteiger partial charge in [0.2, 0.25) is 0 Å². The molecule has 0 aromatic carbocycles. The molecule has 0 saturated carbocycles. The van der Waals surface area contributed by atoms with Crippen LogP contribution in [-0.2, 0) is 6.54 Å². The molecule has 0 saturated heterocycles. The molecule has 2 aromatic heterocycles. The van der Waals surface area contributed by atoms with Crippen molar-refractivity contribution in [3.8, 4) is 0 Å². The van der Waals surface area contributed by atoms with Gasteiger partial charge in [-0.25, -0.2) is 4.79 Å². The first-order valence-corrected chi connectivity index (χ1v) is 7.82. The third kappa shape index (κ3) is 4.66. The fraction of sp³-hybridized carbons (Fsp3) is 0.308. The fourth-order valence-corrected chi connectivity index (χ4v) is 2.95. The van der Waals surface area contributed by atoms with Crippen LogP contribution in [0, 0.1) is 0 Å². The quantitative estimate of drug-likeness (QED) is 0.767. The zero-order chi connectivity index (χ0) is 13.5. The maximum atomic E-state index is 11.5. The van der Waals surface area contributed by atoms with E-state index in [9.17, 15) is 9.90 Å². The van der Waals surface area contributed by atoms with Gasteiger partial charge in [-0.15, -0.1) is 11.3 Å². The summed E-state index contributed by atoms with van der Waals surface area (Å²) in [5, 5.41) is 21.2. The first-order chi connectivity index (χ1) is 9.25. The molecule has 0 unspecified atom stereocenters. The Kier molecular flexibility index (Phi) is 5.38. The molecule has 0 aliphatic rings. The van der Waals surface area contributed by atoms with Crippen molar-refractivity contribution in [2.45, 2.75) is 19.1 Å². The number of nitrogens with one attached hydrogen (secondary N) is 2. The molecule has 2 aromatic rings. The van der Waals surface area contributed by atoms with E-state index in [1.54, 1.807) is 22.7 Å². The van der Waals surface area contributed by atoms with Crippen molar-refractivity contribution in [3.05, 3.63) is 44.8 Å². The van der Waals surface area contributed by atoms with Crippen molar-refractivity contribution >= 4 is 28.7 Å². The number of amides is 2. The highest BCUT2D eigenvalue weighted by Crippen LogP contribution is 2.18. The maximum Gasteiger partial charge on any atom is 0.315 e. The molecular weight excluding hydrogens is 280 g/mol. The number of rotatable bonds is 6. The van der Waals surface area contributed by atoms with Crippen molar-refractivity contribution in [1.29, 1.82) is 0 Å². The number of hydrogen-bond acceptors (Lipinski definition) is 4. The van der Waals surface area contributed by atoms with Crippen LogP contribution in [0.3, 0.4) is 0 Å². The van der Waals surface area contributed by atoms with Crippen molar-refractivity contribution in [3.63, 3.8) is 0 Å². The first kappa shape index (κ1) is 14.0. The number of carbonyl (C=O) groups is 1.